The Hall–Kier alpha value is -4.95. The first-order chi connectivity index (χ1) is 26.3. The minimum atomic E-state index is -0.627. The van der Waals surface area contributed by atoms with Gasteiger partial charge in [-0.25, -0.2) is 18.3 Å². The molecule has 2 aromatic carbocycles. The van der Waals surface area contributed by atoms with E-state index >= 15 is 0 Å². The molecule has 1 unspecified atom stereocenters. The van der Waals surface area contributed by atoms with E-state index in [-0.39, 0.29) is 23.8 Å². The van der Waals surface area contributed by atoms with E-state index < -0.39 is 17.7 Å². The van der Waals surface area contributed by atoms with Crippen LogP contribution in [0.25, 0.3) is 5.65 Å². The zero-order valence-electron chi connectivity index (χ0n) is 30.4. The molecular weight excluding hydrogens is 696 g/mol. The summed E-state index contributed by atoms with van der Waals surface area (Å²) in [5.41, 5.74) is 2.37. The summed E-state index contributed by atoms with van der Waals surface area (Å²) in [5, 5.41) is 9.60. The minimum Gasteiger partial charge on any atom is -0.481 e. The van der Waals surface area contributed by atoms with Gasteiger partial charge in [0.25, 0.3) is 11.8 Å². The first-order valence-electron chi connectivity index (χ1n) is 19.1. The second-order valence-electron chi connectivity index (χ2n) is 14.3. The van der Waals surface area contributed by atoms with Crippen molar-refractivity contribution in [3.63, 3.8) is 0 Å². The van der Waals surface area contributed by atoms with E-state index in [1.54, 1.807) is 16.8 Å². The SMILES string of the molecule is O=C1CCC(Oc2ccc(C3CCN(CCOCCCCCNC(=O)c4cnn5ccc(N6CCC[C@@H]6c6cc(F)ccc6F)nc45)CC3)cc2)C(=O)N1. The van der Waals surface area contributed by atoms with E-state index in [9.17, 15) is 23.2 Å². The maximum absolute atomic E-state index is 14.6. The predicted octanol–water partition coefficient (Wildman–Crippen LogP) is 5.33. The van der Waals surface area contributed by atoms with Crippen LogP contribution in [0, 0.1) is 11.6 Å². The number of unbranched alkanes of at least 4 members (excludes halogenated alkanes) is 2. The third-order valence-corrected chi connectivity index (χ3v) is 10.7. The average molecular weight is 744 g/mol. The number of anilines is 1. The number of carbonyl (C=O) groups excluding carboxylic acids is 3. The molecule has 2 atom stereocenters. The van der Waals surface area contributed by atoms with Gasteiger partial charge in [0.2, 0.25) is 5.91 Å². The van der Waals surface area contributed by atoms with Crippen LogP contribution in [0.1, 0.15) is 91.2 Å². The highest BCUT2D eigenvalue weighted by molar-refractivity contribution is 6.00. The van der Waals surface area contributed by atoms with Crippen molar-refractivity contribution < 1.29 is 32.6 Å². The smallest absolute Gasteiger partial charge is 0.267 e. The molecule has 3 amide bonds. The zero-order valence-corrected chi connectivity index (χ0v) is 30.4. The first kappa shape index (κ1) is 37.4. The third-order valence-electron chi connectivity index (χ3n) is 10.7. The Morgan fingerprint density at radius 1 is 0.944 bits per heavy atom. The molecule has 3 saturated heterocycles. The second kappa shape index (κ2) is 17.5. The van der Waals surface area contributed by atoms with Crippen molar-refractivity contribution in [2.75, 3.05) is 50.8 Å². The van der Waals surface area contributed by atoms with Gasteiger partial charge in [0.15, 0.2) is 11.8 Å². The number of aromatic nitrogens is 3. The van der Waals surface area contributed by atoms with Gasteiger partial charge < -0.3 is 24.6 Å². The van der Waals surface area contributed by atoms with Crippen LogP contribution in [0.15, 0.2) is 60.9 Å². The number of benzene rings is 2. The molecule has 3 aliphatic rings. The normalized spacial score (nSPS) is 19.7. The van der Waals surface area contributed by atoms with Gasteiger partial charge in [0.05, 0.1) is 18.8 Å². The number of imide groups is 1. The van der Waals surface area contributed by atoms with Gasteiger partial charge >= 0.3 is 0 Å². The van der Waals surface area contributed by atoms with Crippen LogP contribution in [0.4, 0.5) is 14.6 Å². The van der Waals surface area contributed by atoms with E-state index in [4.69, 9.17) is 14.5 Å². The lowest BCUT2D eigenvalue weighted by atomic mass is 9.89. The van der Waals surface area contributed by atoms with Gasteiger partial charge in [-0.2, -0.15) is 5.10 Å². The van der Waals surface area contributed by atoms with Gasteiger partial charge in [-0.1, -0.05) is 12.1 Å². The Labute approximate surface area is 313 Å². The number of hydrogen-bond acceptors (Lipinski definition) is 9. The highest BCUT2D eigenvalue weighted by Gasteiger charge is 2.31. The topological polar surface area (TPSA) is 130 Å². The molecule has 54 heavy (non-hydrogen) atoms. The number of ether oxygens (including phenoxy) is 2. The molecule has 7 rings (SSSR count). The molecule has 12 nitrogen and oxygen atoms in total. The lowest BCUT2D eigenvalue weighted by molar-refractivity contribution is -0.138. The van der Waals surface area contributed by atoms with Crippen LogP contribution >= 0.6 is 0 Å². The van der Waals surface area contributed by atoms with Crippen molar-refractivity contribution in [3.8, 4) is 5.75 Å². The molecule has 0 spiro atoms. The van der Waals surface area contributed by atoms with E-state index in [0.29, 0.717) is 79.8 Å². The number of halogens is 2. The van der Waals surface area contributed by atoms with Gasteiger partial charge in [-0.3, -0.25) is 19.7 Å². The number of hydrogen-bond donors (Lipinski definition) is 2. The number of amides is 3. The first-order valence-corrected chi connectivity index (χ1v) is 19.1. The van der Waals surface area contributed by atoms with Crippen LogP contribution in [-0.4, -0.2) is 89.3 Å². The quantitative estimate of drug-likeness (QED) is 0.123. The standard InChI is InChI=1S/C40H47F2N7O5/c41-29-8-11-33(42)31(25-29)34-5-4-18-48(34)36-16-21-49-38(45-36)32(26-44-49)39(51)43-17-2-1-3-23-53-24-22-47-19-14-28(15-20-47)27-6-9-30(10-7-27)54-35-12-13-37(50)46-40(35)52/h6-11,16,21,25-26,28,34-35H,1-5,12-15,17-20,22-24H2,(H,43,51)(H,46,50,52)/t34-,35?/m1/s1. The Morgan fingerprint density at radius 3 is 2.59 bits per heavy atom. The summed E-state index contributed by atoms with van der Waals surface area (Å²) in [4.78, 5) is 45.6. The molecule has 3 fully saturated rings. The van der Waals surface area contributed by atoms with E-state index in [1.807, 2.05) is 17.0 Å². The van der Waals surface area contributed by atoms with Crippen molar-refractivity contribution in [2.45, 2.75) is 75.9 Å². The van der Waals surface area contributed by atoms with Crippen LogP contribution in [-0.2, 0) is 14.3 Å². The van der Waals surface area contributed by atoms with Crippen LogP contribution in [0.5, 0.6) is 5.75 Å². The van der Waals surface area contributed by atoms with E-state index in [1.165, 1.54) is 17.8 Å². The fourth-order valence-corrected chi connectivity index (χ4v) is 7.67. The molecule has 14 heteroatoms. The van der Waals surface area contributed by atoms with Crippen molar-refractivity contribution in [1.82, 2.24) is 30.1 Å². The number of rotatable bonds is 15. The summed E-state index contributed by atoms with van der Waals surface area (Å²) in [6.45, 7) is 5.46. The van der Waals surface area contributed by atoms with Crippen molar-refractivity contribution >= 4 is 29.2 Å². The lowest BCUT2D eigenvalue weighted by Crippen LogP contribution is -2.46. The summed E-state index contributed by atoms with van der Waals surface area (Å²) in [5.74, 6) is -0.0781. The molecule has 286 valence electrons. The third kappa shape index (κ3) is 9.04. The summed E-state index contributed by atoms with van der Waals surface area (Å²) in [7, 11) is 0. The van der Waals surface area contributed by atoms with Gasteiger partial charge in [-0.15, -0.1) is 0 Å². The lowest BCUT2D eigenvalue weighted by Gasteiger charge is -2.32. The molecule has 0 saturated carbocycles. The molecular formula is C40H47F2N7O5. The summed E-state index contributed by atoms with van der Waals surface area (Å²) in [6.07, 6.45) is 9.59. The molecule has 5 heterocycles. The average Bonchev–Trinajstić information content (AvgIpc) is 3.84. The molecule has 0 radical (unpaired) electrons. The number of nitrogens with one attached hydrogen (secondary N) is 2. The van der Waals surface area contributed by atoms with Crippen molar-refractivity contribution in [3.05, 3.63) is 89.2 Å². The maximum Gasteiger partial charge on any atom is 0.267 e. The van der Waals surface area contributed by atoms with Crippen LogP contribution in [0.3, 0.4) is 0 Å². The summed E-state index contributed by atoms with van der Waals surface area (Å²) < 4.78 is 41.9. The van der Waals surface area contributed by atoms with Gasteiger partial charge in [0, 0.05) is 50.8 Å². The molecule has 0 bridgehead atoms. The molecule has 2 N–H and O–H groups in total. The van der Waals surface area contributed by atoms with E-state index in [2.05, 4.69) is 32.8 Å². The van der Waals surface area contributed by atoms with Crippen LogP contribution < -0.4 is 20.3 Å². The highest BCUT2D eigenvalue weighted by atomic mass is 19.1. The summed E-state index contributed by atoms with van der Waals surface area (Å²) >= 11 is 0. The fraction of sp³-hybridized carbons (Fsp3) is 0.475. The predicted molar refractivity (Wildman–Crippen MR) is 197 cm³/mol. The largest absolute Gasteiger partial charge is 0.481 e. The van der Waals surface area contributed by atoms with Gasteiger partial charge in [-0.05, 0) is 106 Å². The molecule has 0 aliphatic carbocycles. The molecule has 4 aromatic rings. The number of carbonyl (C=O) groups is 3. The van der Waals surface area contributed by atoms with Crippen molar-refractivity contribution in [1.29, 1.82) is 0 Å². The Balaban J connectivity index is 0.768. The zero-order chi connectivity index (χ0) is 37.4. The molecule has 3 aliphatic heterocycles. The fourth-order valence-electron chi connectivity index (χ4n) is 7.67. The maximum atomic E-state index is 14.6. The minimum absolute atomic E-state index is 0.250. The van der Waals surface area contributed by atoms with Gasteiger partial charge in [0.1, 0.15) is 28.8 Å². The highest BCUT2D eigenvalue weighted by Crippen LogP contribution is 2.37. The number of piperidine rings is 2. The number of nitrogens with zero attached hydrogens (tertiary/aromatic N) is 5. The second-order valence-corrected chi connectivity index (χ2v) is 14.3. The monoisotopic (exact) mass is 743 g/mol. The Kier molecular flexibility index (Phi) is 12.1. The molecule has 2 aromatic heterocycles. The van der Waals surface area contributed by atoms with Crippen LogP contribution in [0.2, 0.25) is 0 Å². The Bertz CT molecular complexity index is 1930. The Morgan fingerprint density at radius 2 is 1.78 bits per heavy atom. The summed E-state index contributed by atoms with van der Waals surface area (Å²) in [6, 6.07) is 13.0. The number of likely N-dealkylation sites (tertiary alicyclic amines) is 1. The van der Waals surface area contributed by atoms with E-state index in [0.717, 1.165) is 70.3 Å². The van der Waals surface area contributed by atoms with Crippen molar-refractivity contribution in [2.24, 2.45) is 0 Å². The number of fused-ring (bicyclic) bond motifs is 1.